The Kier molecular flexibility index (Phi) is 2.89. The van der Waals surface area contributed by atoms with Crippen LogP contribution in [0.15, 0.2) is 24.3 Å². The van der Waals surface area contributed by atoms with Gasteiger partial charge in [0.15, 0.2) is 0 Å². The molecule has 0 aromatic rings. The molecule has 0 saturated carbocycles. The van der Waals surface area contributed by atoms with Crippen molar-refractivity contribution in [2.75, 3.05) is 6.61 Å². The fourth-order valence-electron chi connectivity index (χ4n) is 1.41. The van der Waals surface area contributed by atoms with E-state index in [2.05, 4.69) is 26.5 Å². The van der Waals surface area contributed by atoms with Crippen molar-refractivity contribution in [3.63, 3.8) is 0 Å². The highest BCUT2D eigenvalue weighted by molar-refractivity contribution is 5.23. The Hall–Kier alpha value is -0.560. The third-order valence-electron chi connectivity index (χ3n) is 1.97. The van der Waals surface area contributed by atoms with Crippen LogP contribution in [0, 0.1) is 5.92 Å². The Labute approximate surface area is 68.8 Å². The summed E-state index contributed by atoms with van der Waals surface area (Å²) >= 11 is 0. The number of ether oxygens (including phenoxy) is 1. The minimum atomic E-state index is 0.279. The van der Waals surface area contributed by atoms with E-state index in [0.29, 0.717) is 5.92 Å². The topological polar surface area (TPSA) is 9.23 Å². The zero-order chi connectivity index (χ0) is 8.27. The maximum absolute atomic E-state index is 5.60. The summed E-state index contributed by atoms with van der Waals surface area (Å²) in [6.45, 7) is 8.98. The Morgan fingerprint density at radius 1 is 1.73 bits per heavy atom. The second kappa shape index (κ2) is 3.72. The molecule has 1 rings (SSSR count). The van der Waals surface area contributed by atoms with Crippen LogP contribution in [0.1, 0.15) is 20.3 Å². The van der Waals surface area contributed by atoms with Gasteiger partial charge in [0.1, 0.15) is 0 Å². The molecule has 1 aliphatic heterocycles. The van der Waals surface area contributed by atoms with Crippen molar-refractivity contribution in [1.82, 2.24) is 0 Å². The molecule has 0 aliphatic carbocycles. The SMILES string of the molecule is C=CC1=CCCOC1C(C)C. The summed E-state index contributed by atoms with van der Waals surface area (Å²) < 4.78 is 5.60. The zero-order valence-electron chi connectivity index (χ0n) is 7.34. The molecule has 11 heavy (non-hydrogen) atoms. The maximum Gasteiger partial charge on any atom is 0.0844 e. The second-order valence-corrected chi connectivity index (χ2v) is 3.23. The third-order valence-corrected chi connectivity index (χ3v) is 1.97. The van der Waals surface area contributed by atoms with Crippen LogP contribution in [0.4, 0.5) is 0 Å². The molecule has 1 aliphatic rings. The van der Waals surface area contributed by atoms with E-state index in [1.165, 1.54) is 5.57 Å². The van der Waals surface area contributed by atoms with E-state index in [-0.39, 0.29) is 6.10 Å². The van der Waals surface area contributed by atoms with Gasteiger partial charge in [-0.05, 0) is 17.9 Å². The van der Waals surface area contributed by atoms with Crippen LogP contribution in [-0.2, 0) is 4.74 Å². The summed E-state index contributed by atoms with van der Waals surface area (Å²) in [6, 6.07) is 0. The molecule has 1 heteroatoms. The molecule has 0 aromatic carbocycles. The normalized spacial score (nSPS) is 25.0. The summed E-state index contributed by atoms with van der Waals surface area (Å²) in [5.74, 6) is 0.555. The zero-order valence-corrected chi connectivity index (χ0v) is 7.34. The van der Waals surface area contributed by atoms with Gasteiger partial charge in [-0.15, -0.1) is 0 Å². The van der Waals surface area contributed by atoms with E-state index in [1.807, 2.05) is 6.08 Å². The molecule has 1 heterocycles. The molecule has 1 atom stereocenters. The molecule has 62 valence electrons. The van der Waals surface area contributed by atoms with Crippen molar-refractivity contribution in [2.24, 2.45) is 5.92 Å². The molecule has 0 bridgehead atoms. The van der Waals surface area contributed by atoms with Crippen molar-refractivity contribution >= 4 is 0 Å². The van der Waals surface area contributed by atoms with Crippen LogP contribution >= 0.6 is 0 Å². The van der Waals surface area contributed by atoms with Crippen LogP contribution in [0.25, 0.3) is 0 Å². The van der Waals surface area contributed by atoms with Gasteiger partial charge in [-0.25, -0.2) is 0 Å². The average Bonchev–Trinajstić information content (AvgIpc) is 2.04. The van der Waals surface area contributed by atoms with Crippen molar-refractivity contribution in [1.29, 1.82) is 0 Å². The van der Waals surface area contributed by atoms with E-state index in [9.17, 15) is 0 Å². The minimum absolute atomic E-state index is 0.279. The van der Waals surface area contributed by atoms with Crippen LogP contribution < -0.4 is 0 Å². The van der Waals surface area contributed by atoms with E-state index in [0.717, 1.165) is 13.0 Å². The van der Waals surface area contributed by atoms with Gasteiger partial charge in [-0.2, -0.15) is 0 Å². The summed E-state index contributed by atoms with van der Waals surface area (Å²) in [7, 11) is 0. The van der Waals surface area contributed by atoms with Crippen molar-refractivity contribution in [3.05, 3.63) is 24.3 Å². The molecule has 1 unspecified atom stereocenters. The largest absolute Gasteiger partial charge is 0.373 e. The summed E-state index contributed by atoms with van der Waals surface area (Å²) in [5.41, 5.74) is 1.26. The molecule has 0 saturated heterocycles. The Morgan fingerprint density at radius 3 is 2.91 bits per heavy atom. The lowest BCUT2D eigenvalue weighted by atomic mass is 9.96. The van der Waals surface area contributed by atoms with E-state index < -0.39 is 0 Å². The highest BCUT2D eigenvalue weighted by Crippen LogP contribution is 2.21. The first-order valence-electron chi connectivity index (χ1n) is 4.19. The average molecular weight is 152 g/mol. The third kappa shape index (κ3) is 1.93. The van der Waals surface area contributed by atoms with E-state index >= 15 is 0 Å². The van der Waals surface area contributed by atoms with Gasteiger partial charge >= 0.3 is 0 Å². The van der Waals surface area contributed by atoms with Gasteiger partial charge in [-0.1, -0.05) is 32.6 Å². The molecule has 0 amide bonds. The maximum atomic E-state index is 5.60. The monoisotopic (exact) mass is 152 g/mol. The van der Waals surface area contributed by atoms with E-state index in [1.54, 1.807) is 0 Å². The molecule has 0 fully saturated rings. The first-order chi connectivity index (χ1) is 5.25. The lowest BCUT2D eigenvalue weighted by Crippen LogP contribution is -2.24. The van der Waals surface area contributed by atoms with E-state index in [4.69, 9.17) is 4.74 Å². The van der Waals surface area contributed by atoms with Gasteiger partial charge in [0.25, 0.3) is 0 Å². The van der Waals surface area contributed by atoms with Gasteiger partial charge in [0.2, 0.25) is 0 Å². The fourth-order valence-corrected chi connectivity index (χ4v) is 1.41. The van der Waals surface area contributed by atoms with Crippen molar-refractivity contribution < 1.29 is 4.74 Å². The molecule has 0 spiro atoms. The number of hydrogen-bond acceptors (Lipinski definition) is 1. The molecule has 0 radical (unpaired) electrons. The Balaban J connectivity index is 2.69. The quantitative estimate of drug-likeness (QED) is 0.591. The van der Waals surface area contributed by atoms with Gasteiger partial charge in [0.05, 0.1) is 12.7 Å². The minimum Gasteiger partial charge on any atom is -0.373 e. The van der Waals surface area contributed by atoms with Crippen molar-refractivity contribution in [3.8, 4) is 0 Å². The highest BCUT2D eigenvalue weighted by atomic mass is 16.5. The van der Waals surface area contributed by atoms with Crippen LogP contribution in [0.5, 0.6) is 0 Å². The lowest BCUT2D eigenvalue weighted by molar-refractivity contribution is 0.0436. The van der Waals surface area contributed by atoms with Crippen LogP contribution in [-0.4, -0.2) is 12.7 Å². The predicted octanol–water partition coefficient (Wildman–Crippen LogP) is 2.54. The summed E-state index contributed by atoms with van der Waals surface area (Å²) in [4.78, 5) is 0. The molecule has 0 N–H and O–H groups in total. The van der Waals surface area contributed by atoms with Crippen LogP contribution in [0.3, 0.4) is 0 Å². The predicted molar refractivity (Wildman–Crippen MR) is 47.5 cm³/mol. The first-order valence-corrected chi connectivity index (χ1v) is 4.19. The molecule has 0 aromatic heterocycles. The summed E-state index contributed by atoms with van der Waals surface area (Å²) in [5, 5.41) is 0. The van der Waals surface area contributed by atoms with Crippen LogP contribution in [0.2, 0.25) is 0 Å². The Bertz CT molecular complexity index is 168. The van der Waals surface area contributed by atoms with Crippen molar-refractivity contribution in [2.45, 2.75) is 26.4 Å². The summed E-state index contributed by atoms with van der Waals surface area (Å²) in [6.07, 6.45) is 5.44. The highest BCUT2D eigenvalue weighted by Gasteiger charge is 2.18. The fraction of sp³-hybridized carbons (Fsp3) is 0.600. The van der Waals surface area contributed by atoms with Gasteiger partial charge < -0.3 is 4.74 Å². The molecule has 1 nitrogen and oxygen atoms in total. The number of hydrogen-bond donors (Lipinski definition) is 0. The molecular formula is C10H16O. The van der Waals surface area contributed by atoms with Gasteiger partial charge in [0, 0.05) is 0 Å². The Morgan fingerprint density at radius 2 is 2.45 bits per heavy atom. The van der Waals surface area contributed by atoms with Gasteiger partial charge in [-0.3, -0.25) is 0 Å². The number of rotatable bonds is 2. The first kappa shape index (κ1) is 8.54. The molecular weight excluding hydrogens is 136 g/mol. The smallest absolute Gasteiger partial charge is 0.0844 e. The lowest BCUT2D eigenvalue weighted by Gasteiger charge is -2.26. The standard InChI is InChI=1S/C10H16O/c1-4-9-6-5-7-11-10(9)8(2)3/h4,6,8,10H,1,5,7H2,2-3H3. The second-order valence-electron chi connectivity index (χ2n) is 3.23.